The average molecular weight is 232 g/mol. The SMILES string of the molecule is CCC1CC(=O)N(CCCCCCCl)C1. The Hall–Kier alpha value is -0.240. The average Bonchev–Trinajstić information content (AvgIpc) is 2.59. The van der Waals surface area contributed by atoms with Crippen LogP contribution in [-0.4, -0.2) is 29.8 Å². The van der Waals surface area contributed by atoms with E-state index in [0.29, 0.717) is 11.8 Å². The van der Waals surface area contributed by atoms with E-state index in [1.807, 2.05) is 4.90 Å². The van der Waals surface area contributed by atoms with Gasteiger partial charge in [-0.2, -0.15) is 0 Å². The van der Waals surface area contributed by atoms with Crippen LogP contribution in [0.1, 0.15) is 45.4 Å². The zero-order valence-electron chi connectivity index (χ0n) is 9.67. The number of carbonyl (C=O) groups excluding carboxylic acids is 1. The maximum atomic E-state index is 11.6. The monoisotopic (exact) mass is 231 g/mol. The number of hydrogen-bond acceptors (Lipinski definition) is 1. The first-order chi connectivity index (χ1) is 7.27. The third-order valence-corrected chi connectivity index (χ3v) is 3.45. The van der Waals surface area contributed by atoms with Crippen LogP contribution in [0, 0.1) is 5.92 Å². The van der Waals surface area contributed by atoms with Gasteiger partial charge in [0.2, 0.25) is 5.91 Å². The number of amides is 1. The van der Waals surface area contributed by atoms with Gasteiger partial charge < -0.3 is 4.90 Å². The van der Waals surface area contributed by atoms with Crippen molar-refractivity contribution in [3.05, 3.63) is 0 Å². The van der Waals surface area contributed by atoms with Crippen LogP contribution >= 0.6 is 11.6 Å². The standard InChI is InChI=1S/C12H22ClNO/c1-2-11-9-12(15)14(10-11)8-6-4-3-5-7-13/h11H,2-10H2,1H3. The topological polar surface area (TPSA) is 20.3 Å². The second-order valence-corrected chi connectivity index (χ2v) is 4.80. The van der Waals surface area contributed by atoms with Gasteiger partial charge in [-0.1, -0.05) is 26.2 Å². The molecule has 1 saturated heterocycles. The van der Waals surface area contributed by atoms with Crippen molar-refractivity contribution in [2.24, 2.45) is 5.92 Å². The molecule has 1 aliphatic rings. The van der Waals surface area contributed by atoms with E-state index < -0.39 is 0 Å². The number of carbonyl (C=O) groups is 1. The summed E-state index contributed by atoms with van der Waals surface area (Å²) in [5.41, 5.74) is 0. The Labute approximate surface area is 98.0 Å². The summed E-state index contributed by atoms with van der Waals surface area (Å²) in [5.74, 6) is 1.74. The molecule has 0 aromatic carbocycles. The molecular formula is C12H22ClNO. The first-order valence-corrected chi connectivity index (χ1v) is 6.65. The van der Waals surface area contributed by atoms with E-state index >= 15 is 0 Å². The molecule has 0 radical (unpaired) electrons. The van der Waals surface area contributed by atoms with Crippen LogP contribution in [-0.2, 0) is 4.79 Å². The molecule has 0 bridgehead atoms. The minimum absolute atomic E-state index is 0.360. The summed E-state index contributed by atoms with van der Waals surface area (Å²) in [6.07, 6.45) is 6.55. The van der Waals surface area contributed by atoms with Crippen molar-refractivity contribution < 1.29 is 4.79 Å². The summed E-state index contributed by atoms with van der Waals surface area (Å²) in [4.78, 5) is 13.6. The number of alkyl halides is 1. The Morgan fingerprint density at radius 2 is 2.07 bits per heavy atom. The fraction of sp³-hybridized carbons (Fsp3) is 0.917. The van der Waals surface area contributed by atoms with Crippen LogP contribution in [0.25, 0.3) is 0 Å². The van der Waals surface area contributed by atoms with Crippen LogP contribution < -0.4 is 0 Å². The van der Waals surface area contributed by atoms with E-state index in [1.54, 1.807) is 0 Å². The molecule has 0 saturated carbocycles. The molecule has 0 aromatic rings. The lowest BCUT2D eigenvalue weighted by molar-refractivity contribution is -0.127. The fourth-order valence-electron chi connectivity index (χ4n) is 2.09. The van der Waals surface area contributed by atoms with Crippen LogP contribution in [0.4, 0.5) is 0 Å². The third-order valence-electron chi connectivity index (χ3n) is 3.18. The fourth-order valence-corrected chi connectivity index (χ4v) is 2.28. The van der Waals surface area contributed by atoms with Gasteiger partial charge in [0.05, 0.1) is 0 Å². The quantitative estimate of drug-likeness (QED) is 0.487. The van der Waals surface area contributed by atoms with Crippen LogP contribution in [0.2, 0.25) is 0 Å². The van der Waals surface area contributed by atoms with Crippen LogP contribution in [0.3, 0.4) is 0 Å². The number of rotatable bonds is 7. The van der Waals surface area contributed by atoms with Gasteiger partial charge >= 0.3 is 0 Å². The van der Waals surface area contributed by atoms with Crippen molar-refractivity contribution in [3.63, 3.8) is 0 Å². The van der Waals surface area contributed by atoms with Gasteiger partial charge in [0, 0.05) is 25.4 Å². The van der Waals surface area contributed by atoms with Gasteiger partial charge in [-0.3, -0.25) is 4.79 Å². The minimum Gasteiger partial charge on any atom is -0.342 e. The Kier molecular flexibility index (Phi) is 6.07. The van der Waals surface area contributed by atoms with Gasteiger partial charge in [-0.05, 0) is 18.8 Å². The van der Waals surface area contributed by atoms with E-state index in [-0.39, 0.29) is 0 Å². The Bertz CT molecular complexity index is 196. The lowest BCUT2D eigenvalue weighted by atomic mass is 10.1. The first-order valence-electron chi connectivity index (χ1n) is 6.11. The summed E-state index contributed by atoms with van der Waals surface area (Å²) < 4.78 is 0. The summed E-state index contributed by atoms with van der Waals surface area (Å²) in [6, 6.07) is 0. The molecule has 1 heterocycles. The highest BCUT2D eigenvalue weighted by molar-refractivity contribution is 6.17. The van der Waals surface area contributed by atoms with Crippen molar-refractivity contribution >= 4 is 17.5 Å². The number of nitrogens with zero attached hydrogens (tertiary/aromatic N) is 1. The Balaban J connectivity index is 2.08. The third kappa shape index (κ3) is 4.42. The van der Waals surface area contributed by atoms with Crippen molar-refractivity contribution in [2.75, 3.05) is 19.0 Å². The summed E-state index contributed by atoms with van der Waals surface area (Å²) in [7, 11) is 0. The van der Waals surface area contributed by atoms with Crippen molar-refractivity contribution in [1.82, 2.24) is 4.90 Å². The van der Waals surface area contributed by atoms with Crippen molar-refractivity contribution in [1.29, 1.82) is 0 Å². The van der Waals surface area contributed by atoms with Crippen LogP contribution in [0.15, 0.2) is 0 Å². The lowest BCUT2D eigenvalue weighted by Crippen LogP contribution is -2.26. The number of unbranched alkanes of at least 4 members (excludes halogenated alkanes) is 3. The first kappa shape index (κ1) is 12.8. The maximum Gasteiger partial charge on any atom is 0.222 e. The number of hydrogen-bond donors (Lipinski definition) is 0. The molecule has 1 atom stereocenters. The number of halogens is 1. The van der Waals surface area contributed by atoms with E-state index in [1.165, 1.54) is 12.8 Å². The molecular weight excluding hydrogens is 210 g/mol. The largest absolute Gasteiger partial charge is 0.342 e. The van der Waals surface area contributed by atoms with E-state index in [9.17, 15) is 4.79 Å². The maximum absolute atomic E-state index is 11.6. The molecule has 1 amide bonds. The highest BCUT2D eigenvalue weighted by atomic mass is 35.5. The van der Waals surface area contributed by atoms with Gasteiger partial charge in [0.1, 0.15) is 0 Å². The molecule has 1 rings (SSSR count). The molecule has 15 heavy (non-hydrogen) atoms. The zero-order chi connectivity index (χ0) is 11.1. The van der Waals surface area contributed by atoms with Crippen molar-refractivity contribution in [2.45, 2.75) is 45.4 Å². The minimum atomic E-state index is 0.360. The lowest BCUT2D eigenvalue weighted by Gasteiger charge is -2.15. The molecule has 3 heteroatoms. The van der Waals surface area contributed by atoms with Crippen LogP contribution in [0.5, 0.6) is 0 Å². The normalized spacial score (nSPS) is 21.3. The Morgan fingerprint density at radius 1 is 1.33 bits per heavy atom. The summed E-state index contributed by atoms with van der Waals surface area (Å²) in [5, 5.41) is 0. The molecule has 0 aliphatic carbocycles. The molecule has 1 unspecified atom stereocenters. The van der Waals surface area contributed by atoms with Crippen molar-refractivity contribution in [3.8, 4) is 0 Å². The highest BCUT2D eigenvalue weighted by Crippen LogP contribution is 2.20. The molecule has 1 fully saturated rings. The molecule has 0 N–H and O–H groups in total. The molecule has 88 valence electrons. The van der Waals surface area contributed by atoms with E-state index in [4.69, 9.17) is 11.6 Å². The Morgan fingerprint density at radius 3 is 2.67 bits per heavy atom. The summed E-state index contributed by atoms with van der Waals surface area (Å²) in [6.45, 7) is 4.12. The predicted octanol–water partition coefficient (Wildman–Crippen LogP) is 3.04. The zero-order valence-corrected chi connectivity index (χ0v) is 10.4. The molecule has 2 nitrogen and oxygen atoms in total. The summed E-state index contributed by atoms with van der Waals surface area (Å²) >= 11 is 5.60. The molecule has 0 spiro atoms. The molecule has 1 aliphatic heterocycles. The van der Waals surface area contributed by atoms with E-state index in [0.717, 1.165) is 44.7 Å². The number of likely N-dealkylation sites (tertiary alicyclic amines) is 1. The van der Waals surface area contributed by atoms with Gasteiger partial charge in [0.25, 0.3) is 0 Å². The second-order valence-electron chi connectivity index (χ2n) is 4.42. The highest BCUT2D eigenvalue weighted by Gasteiger charge is 2.27. The predicted molar refractivity (Wildman–Crippen MR) is 64.2 cm³/mol. The van der Waals surface area contributed by atoms with E-state index in [2.05, 4.69) is 6.92 Å². The smallest absolute Gasteiger partial charge is 0.222 e. The van der Waals surface area contributed by atoms with Gasteiger partial charge in [-0.25, -0.2) is 0 Å². The van der Waals surface area contributed by atoms with Gasteiger partial charge in [-0.15, -0.1) is 11.6 Å². The van der Waals surface area contributed by atoms with Gasteiger partial charge in [0.15, 0.2) is 0 Å². The molecule has 0 aromatic heterocycles. The second kappa shape index (κ2) is 7.10.